The molecule has 0 aromatic heterocycles. The maximum atomic E-state index is 13.4. The molecule has 0 radical (unpaired) electrons. The maximum absolute atomic E-state index is 13.4. The van der Waals surface area contributed by atoms with Gasteiger partial charge in [-0.05, 0) is 55.5 Å². The monoisotopic (exact) mass is 553 g/mol. The van der Waals surface area contributed by atoms with Gasteiger partial charge in [-0.15, -0.1) is 0 Å². The lowest BCUT2D eigenvalue weighted by Crippen LogP contribution is -2.61. The molecule has 2 aromatic carbocycles. The van der Waals surface area contributed by atoms with E-state index in [4.69, 9.17) is 5.73 Å². The van der Waals surface area contributed by atoms with E-state index in [-0.39, 0.29) is 24.8 Å². The Hall–Kier alpha value is -3.79. The minimum Gasteiger partial charge on any atom is -0.350 e. The van der Waals surface area contributed by atoms with Crippen LogP contribution in [0.25, 0.3) is 0 Å². The first kappa shape index (κ1) is 30.7. The molecule has 0 bridgehead atoms. The van der Waals surface area contributed by atoms with E-state index in [0.717, 1.165) is 5.56 Å². The highest BCUT2D eigenvalue weighted by Gasteiger charge is 2.38. The molecule has 2 aromatic rings. The van der Waals surface area contributed by atoms with Crippen LogP contribution >= 0.6 is 0 Å². The van der Waals surface area contributed by atoms with Crippen LogP contribution in [0, 0.1) is 17.7 Å². The summed E-state index contributed by atoms with van der Waals surface area (Å²) in [6, 6.07) is 13.0. The molecule has 0 spiro atoms. The minimum atomic E-state index is -0.873. The molecule has 4 atom stereocenters. The van der Waals surface area contributed by atoms with Crippen LogP contribution in [-0.4, -0.2) is 71.2 Å². The van der Waals surface area contributed by atoms with Crippen molar-refractivity contribution >= 4 is 29.3 Å². The fourth-order valence-corrected chi connectivity index (χ4v) is 4.77. The average molecular weight is 554 g/mol. The van der Waals surface area contributed by atoms with Gasteiger partial charge >= 0.3 is 11.8 Å². The number of halogens is 1. The van der Waals surface area contributed by atoms with Crippen molar-refractivity contribution in [3.8, 4) is 0 Å². The van der Waals surface area contributed by atoms with Gasteiger partial charge in [0.2, 0.25) is 11.8 Å². The standard InChI is InChI=1S/C30H40FN5O4/c1-19(2)18-35-14-15-36(30(40)29(35)39)21(4)28(38)34-26(17-22-8-6-5-7-9-22)25(32)16-20(3)27(37)33-24-12-10-23(31)11-13-24/h5-13,19-21,25-26H,14-18,32H2,1-4H3,(H,33,37)(H,34,38)/t20-,21+,25+,26+/m1/s1. The molecule has 4 N–H and O–H groups in total. The molecule has 0 aliphatic carbocycles. The Morgan fingerprint density at radius 3 is 2.20 bits per heavy atom. The van der Waals surface area contributed by atoms with Crippen LogP contribution < -0.4 is 16.4 Å². The highest BCUT2D eigenvalue weighted by atomic mass is 19.1. The molecule has 0 saturated carbocycles. The van der Waals surface area contributed by atoms with Crippen molar-refractivity contribution in [1.82, 2.24) is 15.1 Å². The van der Waals surface area contributed by atoms with E-state index < -0.39 is 47.6 Å². The Bertz CT molecular complexity index is 1170. The molecule has 0 unspecified atom stereocenters. The molecule has 10 heteroatoms. The number of anilines is 1. The number of carbonyl (C=O) groups excluding carboxylic acids is 4. The quantitative estimate of drug-likeness (QED) is 0.349. The Labute approximate surface area is 235 Å². The number of rotatable bonds is 12. The SMILES string of the molecule is CC(C)CN1CCN([C@@H](C)C(=O)N[C@@H](Cc2ccccc2)[C@@H](N)C[C@@H](C)C(=O)Nc2ccc(F)cc2)C(=O)C1=O. The number of amides is 4. The van der Waals surface area contributed by atoms with Gasteiger partial charge in [0.15, 0.2) is 0 Å². The van der Waals surface area contributed by atoms with Crippen molar-refractivity contribution < 1.29 is 23.6 Å². The van der Waals surface area contributed by atoms with Crippen molar-refractivity contribution in [2.45, 2.75) is 58.7 Å². The summed E-state index contributed by atoms with van der Waals surface area (Å²) in [5.74, 6) is -2.65. The first-order valence-electron chi connectivity index (χ1n) is 13.7. The number of nitrogens with zero attached hydrogens (tertiary/aromatic N) is 2. The lowest BCUT2D eigenvalue weighted by atomic mass is 9.92. The van der Waals surface area contributed by atoms with Crippen LogP contribution in [0.3, 0.4) is 0 Å². The van der Waals surface area contributed by atoms with Gasteiger partial charge in [-0.2, -0.15) is 0 Å². The second kappa shape index (κ2) is 14.0. The Morgan fingerprint density at radius 1 is 0.925 bits per heavy atom. The molecule has 1 fully saturated rings. The van der Waals surface area contributed by atoms with Crippen LogP contribution in [0.1, 0.15) is 39.7 Å². The zero-order valence-electron chi connectivity index (χ0n) is 23.6. The molecule has 1 heterocycles. The molecule has 1 saturated heterocycles. The fourth-order valence-electron chi connectivity index (χ4n) is 4.77. The summed E-state index contributed by atoms with van der Waals surface area (Å²) in [6.45, 7) is 8.41. The summed E-state index contributed by atoms with van der Waals surface area (Å²) < 4.78 is 13.2. The Morgan fingerprint density at radius 2 is 1.57 bits per heavy atom. The van der Waals surface area contributed by atoms with E-state index in [1.54, 1.807) is 13.8 Å². The Kier molecular flexibility index (Phi) is 10.8. The summed E-state index contributed by atoms with van der Waals surface area (Å²) in [5, 5.41) is 5.75. The third-order valence-corrected chi connectivity index (χ3v) is 7.10. The lowest BCUT2D eigenvalue weighted by Gasteiger charge is -2.38. The zero-order valence-corrected chi connectivity index (χ0v) is 23.6. The van der Waals surface area contributed by atoms with Crippen LogP contribution in [0.15, 0.2) is 54.6 Å². The first-order chi connectivity index (χ1) is 19.0. The van der Waals surface area contributed by atoms with Gasteiger partial charge in [-0.1, -0.05) is 51.1 Å². The average Bonchev–Trinajstić information content (AvgIpc) is 2.92. The third kappa shape index (κ3) is 8.35. The normalized spacial score (nSPS) is 16.9. The molecular weight excluding hydrogens is 513 g/mol. The largest absolute Gasteiger partial charge is 0.350 e. The first-order valence-corrected chi connectivity index (χ1v) is 13.7. The van der Waals surface area contributed by atoms with Crippen LogP contribution in [-0.2, 0) is 25.6 Å². The lowest BCUT2D eigenvalue weighted by molar-refractivity contribution is -0.159. The second-order valence-corrected chi connectivity index (χ2v) is 10.9. The van der Waals surface area contributed by atoms with Gasteiger partial charge in [0.05, 0.1) is 0 Å². The highest BCUT2D eigenvalue weighted by Crippen LogP contribution is 2.17. The summed E-state index contributed by atoms with van der Waals surface area (Å²) in [4.78, 5) is 54.4. The predicted octanol–water partition coefficient (Wildman–Crippen LogP) is 2.56. The second-order valence-electron chi connectivity index (χ2n) is 10.9. The van der Waals surface area contributed by atoms with Gasteiger partial charge in [-0.3, -0.25) is 19.2 Å². The predicted molar refractivity (Wildman–Crippen MR) is 151 cm³/mol. The smallest absolute Gasteiger partial charge is 0.312 e. The maximum Gasteiger partial charge on any atom is 0.312 e. The summed E-state index contributed by atoms with van der Waals surface area (Å²) in [5.41, 5.74) is 8.00. The fraction of sp³-hybridized carbons (Fsp3) is 0.467. The summed E-state index contributed by atoms with van der Waals surface area (Å²) in [6.07, 6.45) is 0.687. The van der Waals surface area contributed by atoms with Crippen molar-refractivity contribution in [3.05, 3.63) is 66.0 Å². The summed E-state index contributed by atoms with van der Waals surface area (Å²) >= 11 is 0. The van der Waals surface area contributed by atoms with Crippen LogP contribution in [0.4, 0.5) is 10.1 Å². The van der Waals surface area contributed by atoms with Crippen molar-refractivity contribution in [2.24, 2.45) is 17.6 Å². The van der Waals surface area contributed by atoms with Crippen molar-refractivity contribution in [3.63, 3.8) is 0 Å². The van der Waals surface area contributed by atoms with E-state index in [9.17, 15) is 23.6 Å². The van der Waals surface area contributed by atoms with E-state index in [1.807, 2.05) is 44.2 Å². The zero-order chi connectivity index (χ0) is 29.4. The number of nitrogens with one attached hydrogen (secondary N) is 2. The molecule has 40 heavy (non-hydrogen) atoms. The molecule has 9 nitrogen and oxygen atoms in total. The molecule has 1 aliphatic rings. The molecular formula is C30H40FN5O4. The van der Waals surface area contributed by atoms with Crippen LogP contribution in [0.5, 0.6) is 0 Å². The van der Waals surface area contributed by atoms with E-state index >= 15 is 0 Å². The number of nitrogens with two attached hydrogens (primary N) is 1. The Balaban J connectivity index is 1.67. The molecule has 3 rings (SSSR count). The van der Waals surface area contributed by atoms with Crippen molar-refractivity contribution in [2.75, 3.05) is 25.0 Å². The molecule has 4 amide bonds. The molecule has 1 aliphatic heterocycles. The van der Waals surface area contributed by atoms with E-state index in [0.29, 0.717) is 25.2 Å². The van der Waals surface area contributed by atoms with E-state index in [1.165, 1.54) is 34.1 Å². The molecule has 216 valence electrons. The van der Waals surface area contributed by atoms with Crippen molar-refractivity contribution in [1.29, 1.82) is 0 Å². The number of benzene rings is 2. The van der Waals surface area contributed by atoms with Gasteiger partial charge in [0, 0.05) is 43.3 Å². The van der Waals surface area contributed by atoms with Gasteiger partial charge in [-0.25, -0.2) is 4.39 Å². The number of hydrogen-bond acceptors (Lipinski definition) is 5. The van der Waals surface area contributed by atoms with Gasteiger partial charge in [0.1, 0.15) is 11.9 Å². The third-order valence-electron chi connectivity index (χ3n) is 7.10. The van der Waals surface area contributed by atoms with E-state index in [2.05, 4.69) is 10.6 Å². The summed E-state index contributed by atoms with van der Waals surface area (Å²) in [7, 11) is 0. The highest BCUT2D eigenvalue weighted by molar-refractivity contribution is 6.35. The topological polar surface area (TPSA) is 125 Å². The van der Waals surface area contributed by atoms with Gasteiger partial charge < -0.3 is 26.2 Å². The number of carbonyl (C=O) groups is 4. The van der Waals surface area contributed by atoms with Crippen LogP contribution in [0.2, 0.25) is 0 Å². The number of piperazine rings is 1. The number of hydrogen-bond donors (Lipinski definition) is 3. The van der Waals surface area contributed by atoms with Gasteiger partial charge in [0.25, 0.3) is 0 Å². The minimum absolute atomic E-state index is 0.226.